The number of nitrogens with one attached hydrogen (secondary N) is 1. The average molecular weight is 285 g/mol. The van der Waals surface area contributed by atoms with Gasteiger partial charge in [-0.2, -0.15) is 0 Å². The molecule has 0 saturated heterocycles. The zero-order valence-electron chi connectivity index (χ0n) is 11.7. The maximum Gasteiger partial charge on any atom is 0.224 e. The molecule has 0 spiro atoms. The Kier molecular flexibility index (Phi) is 5.35. The number of aliphatic hydroxyl groups is 1. The van der Waals surface area contributed by atoms with Gasteiger partial charge in [-0.3, -0.25) is 4.79 Å². The molecule has 1 amide bonds. The predicted molar refractivity (Wildman–Crippen MR) is 80.8 cm³/mol. The minimum absolute atomic E-state index is 0.0129. The molecule has 3 N–H and O–H groups in total. The van der Waals surface area contributed by atoms with E-state index in [9.17, 15) is 9.90 Å². The average Bonchev–Trinajstić information content (AvgIpc) is 2.50. The van der Waals surface area contributed by atoms with Gasteiger partial charge in [0.25, 0.3) is 0 Å². The van der Waals surface area contributed by atoms with Crippen molar-refractivity contribution in [3.05, 3.63) is 65.7 Å². The van der Waals surface area contributed by atoms with Crippen molar-refractivity contribution in [3.8, 4) is 5.75 Å². The van der Waals surface area contributed by atoms with E-state index >= 15 is 0 Å². The van der Waals surface area contributed by atoms with Crippen LogP contribution in [0.2, 0.25) is 0 Å². The molecule has 0 radical (unpaired) electrons. The standard InChI is InChI=1S/C17H19NO3/c19-11-10-16(14-4-2-1-3-5-14)18-17(21)12-13-6-8-15(20)9-7-13/h1-9,16,19-20H,10-12H2,(H,18,21). The van der Waals surface area contributed by atoms with E-state index < -0.39 is 0 Å². The van der Waals surface area contributed by atoms with Gasteiger partial charge in [-0.1, -0.05) is 42.5 Å². The summed E-state index contributed by atoms with van der Waals surface area (Å²) >= 11 is 0. The van der Waals surface area contributed by atoms with Crippen molar-refractivity contribution in [1.82, 2.24) is 5.32 Å². The highest BCUT2D eigenvalue weighted by Crippen LogP contribution is 2.16. The number of carbonyl (C=O) groups excluding carboxylic acids is 1. The molecule has 2 rings (SSSR count). The molecule has 21 heavy (non-hydrogen) atoms. The molecule has 2 aromatic carbocycles. The van der Waals surface area contributed by atoms with Crippen LogP contribution in [0.4, 0.5) is 0 Å². The van der Waals surface area contributed by atoms with Gasteiger partial charge in [0.2, 0.25) is 5.91 Å². The van der Waals surface area contributed by atoms with Crippen molar-refractivity contribution >= 4 is 5.91 Å². The minimum atomic E-state index is -0.194. The van der Waals surface area contributed by atoms with Crippen molar-refractivity contribution in [1.29, 1.82) is 0 Å². The van der Waals surface area contributed by atoms with E-state index in [2.05, 4.69) is 5.32 Å². The summed E-state index contributed by atoms with van der Waals surface area (Å²) in [5.74, 6) is 0.0737. The van der Waals surface area contributed by atoms with Crippen LogP contribution in [-0.4, -0.2) is 22.7 Å². The van der Waals surface area contributed by atoms with Crippen molar-refractivity contribution in [3.63, 3.8) is 0 Å². The van der Waals surface area contributed by atoms with E-state index in [0.717, 1.165) is 11.1 Å². The van der Waals surface area contributed by atoms with Crippen molar-refractivity contribution < 1.29 is 15.0 Å². The van der Waals surface area contributed by atoms with Crippen LogP contribution in [0.1, 0.15) is 23.6 Å². The number of hydrogen-bond donors (Lipinski definition) is 3. The van der Waals surface area contributed by atoms with E-state index in [0.29, 0.717) is 6.42 Å². The fourth-order valence-electron chi connectivity index (χ4n) is 2.18. The molecule has 0 aliphatic rings. The van der Waals surface area contributed by atoms with Gasteiger partial charge in [0.05, 0.1) is 12.5 Å². The summed E-state index contributed by atoms with van der Waals surface area (Å²) in [6.45, 7) is 0.0129. The van der Waals surface area contributed by atoms with E-state index in [4.69, 9.17) is 5.11 Å². The molecule has 0 heterocycles. The second-order valence-corrected chi connectivity index (χ2v) is 4.89. The SMILES string of the molecule is O=C(Cc1ccc(O)cc1)NC(CCO)c1ccccc1. The molecule has 4 nitrogen and oxygen atoms in total. The van der Waals surface area contributed by atoms with Gasteiger partial charge < -0.3 is 15.5 Å². The van der Waals surface area contributed by atoms with Crippen LogP contribution in [0.3, 0.4) is 0 Å². The van der Waals surface area contributed by atoms with E-state index in [1.54, 1.807) is 24.3 Å². The summed E-state index contributed by atoms with van der Waals surface area (Å²) in [7, 11) is 0. The molecule has 1 unspecified atom stereocenters. The topological polar surface area (TPSA) is 69.6 Å². The first kappa shape index (κ1) is 15.1. The van der Waals surface area contributed by atoms with Crippen LogP contribution in [0.5, 0.6) is 5.75 Å². The van der Waals surface area contributed by atoms with Gasteiger partial charge in [0.1, 0.15) is 5.75 Å². The molecule has 0 aromatic heterocycles. The minimum Gasteiger partial charge on any atom is -0.508 e. The summed E-state index contributed by atoms with van der Waals surface area (Å²) in [4.78, 5) is 12.1. The number of carbonyl (C=O) groups is 1. The Morgan fingerprint density at radius 1 is 1.05 bits per heavy atom. The van der Waals surface area contributed by atoms with Crippen LogP contribution in [0.15, 0.2) is 54.6 Å². The van der Waals surface area contributed by atoms with Gasteiger partial charge in [-0.15, -0.1) is 0 Å². The van der Waals surface area contributed by atoms with Crippen LogP contribution in [-0.2, 0) is 11.2 Å². The van der Waals surface area contributed by atoms with Crippen molar-refractivity contribution in [2.45, 2.75) is 18.9 Å². The highest BCUT2D eigenvalue weighted by molar-refractivity contribution is 5.79. The number of amides is 1. The van der Waals surface area contributed by atoms with Crippen molar-refractivity contribution in [2.75, 3.05) is 6.61 Å². The molecule has 0 fully saturated rings. The maximum atomic E-state index is 12.1. The van der Waals surface area contributed by atoms with Gasteiger partial charge in [-0.05, 0) is 29.7 Å². The molecule has 0 bridgehead atoms. The zero-order valence-corrected chi connectivity index (χ0v) is 11.7. The molecule has 110 valence electrons. The van der Waals surface area contributed by atoms with Gasteiger partial charge in [0, 0.05) is 6.61 Å². The van der Waals surface area contributed by atoms with Crippen LogP contribution >= 0.6 is 0 Å². The third kappa shape index (κ3) is 4.61. The van der Waals surface area contributed by atoms with Crippen molar-refractivity contribution in [2.24, 2.45) is 0 Å². The lowest BCUT2D eigenvalue weighted by Crippen LogP contribution is -2.30. The maximum absolute atomic E-state index is 12.1. The fourth-order valence-corrected chi connectivity index (χ4v) is 2.18. The number of phenolic OH excluding ortho intramolecular Hbond substituents is 1. The summed E-state index contributed by atoms with van der Waals surface area (Å²) in [6.07, 6.45) is 0.723. The molecule has 0 saturated carbocycles. The number of aromatic hydroxyl groups is 1. The smallest absolute Gasteiger partial charge is 0.224 e. The first-order chi connectivity index (χ1) is 10.2. The van der Waals surface area contributed by atoms with E-state index in [1.165, 1.54) is 0 Å². The molecular weight excluding hydrogens is 266 g/mol. The summed E-state index contributed by atoms with van der Waals surface area (Å²) in [5.41, 5.74) is 1.81. The number of aliphatic hydroxyl groups excluding tert-OH is 1. The Morgan fingerprint density at radius 3 is 2.33 bits per heavy atom. The fraction of sp³-hybridized carbons (Fsp3) is 0.235. The second-order valence-electron chi connectivity index (χ2n) is 4.89. The molecule has 0 aliphatic carbocycles. The number of benzene rings is 2. The Morgan fingerprint density at radius 2 is 1.71 bits per heavy atom. The van der Waals surface area contributed by atoms with Gasteiger partial charge in [0.15, 0.2) is 0 Å². The number of hydrogen-bond acceptors (Lipinski definition) is 3. The Hall–Kier alpha value is -2.33. The molecule has 1 atom stereocenters. The van der Waals surface area contributed by atoms with Gasteiger partial charge >= 0.3 is 0 Å². The molecule has 4 heteroatoms. The third-order valence-electron chi connectivity index (χ3n) is 3.26. The lowest BCUT2D eigenvalue weighted by atomic mass is 10.0. The summed E-state index contributed by atoms with van der Waals surface area (Å²) < 4.78 is 0. The quantitative estimate of drug-likeness (QED) is 0.762. The van der Waals surface area contributed by atoms with Crippen LogP contribution < -0.4 is 5.32 Å². The van der Waals surface area contributed by atoms with Crippen LogP contribution in [0.25, 0.3) is 0 Å². The summed E-state index contributed by atoms with van der Waals surface area (Å²) in [6, 6.07) is 16.0. The largest absolute Gasteiger partial charge is 0.508 e. The first-order valence-corrected chi connectivity index (χ1v) is 6.92. The Bertz CT molecular complexity index is 566. The highest BCUT2D eigenvalue weighted by atomic mass is 16.3. The molecular formula is C17H19NO3. The lowest BCUT2D eigenvalue weighted by Gasteiger charge is -2.18. The zero-order chi connectivity index (χ0) is 15.1. The molecule has 0 aliphatic heterocycles. The summed E-state index contributed by atoms with van der Waals surface area (Å²) in [5, 5.41) is 21.3. The monoisotopic (exact) mass is 285 g/mol. The number of phenols is 1. The second kappa shape index (κ2) is 7.45. The predicted octanol–water partition coefficient (Wildman–Crippen LogP) is 2.17. The van der Waals surface area contributed by atoms with E-state index in [1.807, 2.05) is 30.3 Å². The normalized spacial score (nSPS) is 11.9. The van der Waals surface area contributed by atoms with Crippen LogP contribution in [0, 0.1) is 0 Å². The first-order valence-electron chi connectivity index (χ1n) is 6.92. The molecule has 2 aromatic rings. The van der Waals surface area contributed by atoms with E-state index in [-0.39, 0.29) is 30.7 Å². The Balaban J connectivity index is 2.00. The van der Waals surface area contributed by atoms with Gasteiger partial charge in [-0.25, -0.2) is 0 Å². The third-order valence-corrected chi connectivity index (χ3v) is 3.26. The highest BCUT2D eigenvalue weighted by Gasteiger charge is 2.14. The number of rotatable bonds is 6. The lowest BCUT2D eigenvalue weighted by molar-refractivity contribution is -0.121. The Labute approximate surface area is 124 Å².